The number of rotatable bonds is 4. The van der Waals surface area contributed by atoms with Crippen LogP contribution in [0.5, 0.6) is 0 Å². The summed E-state index contributed by atoms with van der Waals surface area (Å²) in [6, 6.07) is 60.4. The van der Waals surface area contributed by atoms with Crippen molar-refractivity contribution in [2.24, 2.45) is 0 Å². The van der Waals surface area contributed by atoms with Crippen molar-refractivity contribution in [3.05, 3.63) is 182 Å². The summed E-state index contributed by atoms with van der Waals surface area (Å²) in [5, 5.41) is 9.11. The first-order chi connectivity index (χ1) is 25.1. The van der Waals surface area contributed by atoms with Gasteiger partial charge in [0.25, 0.3) is 0 Å². The van der Waals surface area contributed by atoms with Gasteiger partial charge in [0, 0.05) is 10.8 Å². The van der Waals surface area contributed by atoms with Gasteiger partial charge in [0.05, 0.1) is 2.74 Å². The van der Waals surface area contributed by atoms with E-state index < -0.39 is 0 Å². The lowest BCUT2D eigenvalue weighted by atomic mass is 9.85. The van der Waals surface area contributed by atoms with E-state index in [1.54, 1.807) is 0 Å². The summed E-state index contributed by atoms with van der Waals surface area (Å²) in [5.41, 5.74) is 10.7. The van der Waals surface area contributed by atoms with Crippen LogP contribution in [0.2, 0.25) is 0 Å². The first kappa shape index (κ1) is 25.6. The van der Waals surface area contributed by atoms with Crippen molar-refractivity contribution < 1.29 is 7.16 Å². The highest BCUT2D eigenvalue weighted by Gasteiger charge is 2.17. The molecule has 0 amide bonds. The van der Waals surface area contributed by atoms with Crippen LogP contribution in [0.1, 0.15) is 2.74 Å². The van der Waals surface area contributed by atoms with Gasteiger partial charge in [-0.25, -0.2) is 0 Å². The molecule has 0 fully saturated rings. The van der Waals surface area contributed by atoms with Gasteiger partial charge in [-0.3, -0.25) is 0 Å². The van der Waals surface area contributed by atoms with E-state index in [1.165, 1.54) is 43.8 Å². The molecule has 9 aromatic carbocycles. The number of fused-ring (bicyclic) bond motifs is 6. The van der Waals surface area contributed by atoms with Crippen LogP contribution in [0.4, 0.5) is 0 Å². The Balaban J connectivity index is 1.10. The Hall–Kier alpha value is -6.44. The van der Waals surface area contributed by atoms with E-state index in [-0.39, 0.29) is 0 Å². The number of benzene rings is 9. The fourth-order valence-electron chi connectivity index (χ4n) is 7.64. The molecule has 0 unspecified atom stereocenters. The molecule has 228 valence electrons. The SMILES string of the molecule is [2H]c1ccc2cc(-c3ccc(-c4c5ccccc5c(-c5ccc(-c6ccc([2H])c7oc8ccccc8c67)cc5)c5ccccc45)cc3)ccc2c1. The summed E-state index contributed by atoms with van der Waals surface area (Å²) in [7, 11) is 0. The summed E-state index contributed by atoms with van der Waals surface area (Å²) < 4.78 is 22.6. The molecule has 1 heterocycles. The first-order valence-electron chi connectivity index (χ1n) is 17.7. The maximum Gasteiger partial charge on any atom is 0.136 e. The second-order valence-corrected chi connectivity index (χ2v) is 12.7. The molecule has 0 bridgehead atoms. The number of hydrogen-bond acceptors (Lipinski definition) is 1. The monoisotopic (exact) mass is 624 g/mol. The molecule has 10 aromatic rings. The smallest absolute Gasteiger partial charge is 0.136 e. The maximum atomic E-state index is 8.52. The summed E-state index contributed by atoms with van der Waals surface area (Å²) in [6.45, 7) is 0. The quantitative estimate of drug-likeness (QED) is 0.178. The molecule has 0 N–H and O–H groups in total. The van der Waals surface area contributed by atoms with Crippen LogP contribution in [0.3, 0.4) is 0 Å². The largest absolute Gasteiger partial charge is 0.456 e. The van der Waals surface area contributed by atoms with E-state index in [9.17, 15) is 0 Å². The predicted octanol–water partition coefficient (Wildman–Crippen LogP) is 13.7. The van der Waals surface area contributed by atoms with Gasteiger partial charge in [-0.05, 0) is 95.0 Å². The van der Waals surface area contributed by atoms with Crippen molar-refractivity contribution in [3.8, 4) is 44.5 Å². The second-order valence-electron chi connectivity index (χ2n) is 12.7. The molecule has 0 atom stereocenters. The second kappa shape index (κ2) is 11.1. The Labute approximate surface area is 287 Å². The van der Waals surface area contributed by atoms with E-state index in [1.807, 2.05) is 48.5 Å². The summed E-state index contributed by atoms with van der Waals surface area (Å²) in [5.74, 6) is 0. The normalized spacial score (nSPS) is 12.2. The minimum absolute atomic E-state index is 0.395. The Morgan fingerprint density at radius 2 is 0.918 bits per heavy atom. The van der Waals surface area contributed by atoms with Gasteiger partial charge in [0.15, 0.2) is 0 Å². The summed E-state index contributed by atoms with van der Waals surface area (Å²) in [4.78, 5) is 0. The molecule has 1 aromatic heterocycles. The lowest BCUT2D eigenvalue weighted by molar-refractivity contribution is 0.669. The van der Waals surface area contributed by atoms with Crippen LogP contribution in [-0.2, 0) is 0 Å². The molecule has 1 nitrogen and oxygen atoms in total. The van der Waals surface area contributed by atoms with Crippen LogP contribution >= 0.6 is 0 Å². The Morgan fingerprint density at radius 3 is 1.57 bits per heavy atom. The average Bonchev–Trinajstić information content (AvgIpc) is 3.58. The highest BCUT2D eigenvalue weighted by Crippen LogP contribution is 2.45. The molecule has 0 aliphatic carbocycles. The molecule has 49 heavy (non-hydrogen) atoms. The van der Waals surface area contributed by atoms with Crippen LogP contribution < -0.4 is 0 Å². The molecule has 0 radical (unpaired) electrons. The minimum Gasteiger partial charge on any atom is -0.456 e. The van der Waals surface area contributed by atoms with Crippen molar-refractivity contribution in [2.45, 2.75) is 0 Å². The van der Waals surface area contributed by atoms with Crippen molar-refractivity contribution in [1.29, 1.82) is 0 Å². The summed E-state index contributed by atoms with van der Waals surface area (Å²) in [6.07, 6.45) is 0. The third-order valence-corrected chi connectivity index (χ3v) is 9.94. The van der Waals surface area contributed by atoms with Crippen molar-refractivity contribution in [1.82, 2.24) is 0 Å². The molecule has 10 rings (SSSR count). The molecule has 0 saturated carbocycles. The first-order valence-corrected chi connectivity index (χ1v) is 16.7. The topological polar surface area (TPSA) is 13.1 Å². The predicted molar refractivity (Wildman–Crippen MR) is 208 cm³/mol. The van der Waals surface area contributed by atoms with Crippen LogP contribution in [0.15, 0.2) is 186 Å². The zero-order chi connectivity index (χ0) is 34.1. The lowest BCUT2D eigenvalue weighted by Crippen LogP contribution is -1.91. The molecular weight excluding hydrogens is 593 g/mol. The molecular formula is C48H30O. The third kappa shape index (κ3) is 4.47. The van der Waals surface area contributed by atoms with E-state index in [4.69, 9.17) is 7.16 Å². The molecule has 0 saturated heterocycles. The third-order valence-electron chi connectivity index (χ3n) is 9.94. The fraction of sp³-hybridized carbons (Fsp3) is 0. The van der Waals surface area contributed by atoms with Crippen molar-refractivity contribution in [3.63, 3.8) is 0 Å². The van der Waals surface area contributed by atoms with E-state index in [2.05, 4.69) is 121 Å². The molecule has 0 spiro atoms. The molecule has 0 aliphatic rings. The molecule has 0 aliphatic heterocycles. The number of hydrogen-bond donors (Lipinski definition) is 0. The lowest BCUT2D eigenvalue weighted by Gasteiger charge is -2.18. The highest BCUT2D eigenvalue weighted by molar-refractivity contribution is 6.21. The Bertz CT molecular complexity index is 2910. The van der Waals surface area contributed by atoms with Gasteiger partial charge in [0.1, 0.15) is 11.2 Å². The fourth-order valence-corrected chi connectivity index (χ4v) is 7.64. The van der Waals surface area contributed by atoms with Crippen LogP contribution in [-0.4, -0.2) is 0 Å². The van der Waals surface area contributed by atoms with Crippen molar-refractivity contribution >= 4 is 54.3 Å². The number of para-hydroxylation sites is 1. The zero-order valence-corrected chi connectivity index (χ0v) is 26.6. The van der Waals surface area contributed by atoms with Crippen molar-refractivity contribution in [2.75, 3.05) is 0 Å². The summed E-state index contributed by atoms with van der Waals surface area (Å²) >= 11 is 0. The average molecular weight is 625 g/mol. The van der Waals surface area contributed by atoms with Gasteiger partial charge < -0.3 is 4.42 Å². The van der Waals surface area contributed by atoms with Crippen LogP contribution in [0, 0.1) is 0 Å². The van der Waals surface area contributed by atoms with E-state index in [0.717, 1.165) is 49.4 Å². The van der Waals surface area contributed by atoms with Gasteiger partial charge in [-0.2, -0.15) is 0 Å². The number of furan rings is 1. The van der Waals surface area contributed by atoms with E-state index in [0.29, 0.717) is 17.7 Å². The Morgan fingerprint density at radius 1 is 0.367 bits per heavy atom. The molecule has 1 heteroatoms. The Kier molecular flexibility index (Phi) is 5.79. The minimum atomic E-state index is 0.395. The zero-order valence-electron chi connectivity index (χ0n) is 28.6. The van der Waals surface area contributed by atoms with Gasteiger partial charge >= 0.3 is 0 Å². The highest BCUT2D eigenvalue weighted by atomic mass is 16.3. The van der Waals surface area contributed by atoms with Crippen LogP contribution in [0.25, 0.3) is 98.8 Å². The van der Waals surface area contributed by atoms with Gasteiger partial charge in [-0.1, -0.05) is 164 Å². The van der Waals surface area contributed by atoms with Gasteiger partial charge in [-0.15, -0.1) is 0 Å². The van der Waals surface area contributed by atoms with Gasteiger partial charge in [0.2, 0.25) is 0 Å². The van der Waals surface area contributed by atoms with E-state index >= 15 is 0 Å². The maximum absolute atomic E-state index is 8.52. The standard InChI is InChI=1S/C48H30O/c1-2-11-36-30-37(29-22-31(36)10-1)32-20-25-34(26-21-32)46-39-12-3-5-14-41(39)47(42-15-6-4-13-40(42)46)35-27-23-33(24-28-35)38-17-9-19-45-48(38)43-16-7-8-18-44(43)49-45/h1-30H/i1D,19D.